The van der Waals surface area contributed by atoms with Crippen LogP contribution < -0.4 is 0 Å². The number of nitrogens with zero attached hydrogens (tertiary/aromatic N) is 1. The molecule has 2 fully saturated rings. The lowest BCUT2D eigenvalue weighted by Crippen LogP contribution is -2.64. The van der Waals surface area contributed by atoms with E-state index in [1.165, 1.54) is 4.90 Å². The first-order valence-corrected chi connectivity index (χ1v) is 8.18. The summed E-state index contributed by atoms with van der Waals surface area (Å²) in [5.41, 5.74) is -0.556. The Balaban J connectivity index is 2.08. The Kier molecular flexibility index (Phi) is 3.68. The predicted molar refractivity (Wildman–Crippen MR) is 84.7 cm³/mol. The van der Waals surface area contributed by atoms with Crippen LogP contribution in [0.25, 0.3) is 0 Å². The minimum absolute atomic E-state index is 0.0527. The molecule has 4 nitrogen and oxygen atoms in total. The smallest absolute Gasteiger partial charge is 0.407 e. The molecule has 22 heavy (non-hydrogen) atoms. The van der Waals surface area contributed by atoms with Gasteiger partial charge in [-0.25, -0.2) is 4.79 Å². The molecule has 1 saturated heterocycles. The molecule has 1 saturated carbocycles. The summed E-state index contributed by atoms with van der Waals surface area (Å²) < 4.78 is 0. The van der Waals surface area contributed by atoms with E-state index in [0.29, 0.717) is 19.4 Å². The van der Waals surface area contributed by atoms with E-state index in [2.05, 4.69) is 0 Å². The third-order valence-corrected chi connectivity index (χ3v) is 5.70. The lowest BCUT2D eigenvalue weighted by Gasteiger charge is -2.49. The summed E-state index contributed by atoms with van der Waals surface area (Å²) >= 11 is 0. The molecule has 0 radical (unpaired) electrons. The Morgan fingerprint density at radius 1 is 1.32 bits per heavy atom. The van der Waals surface area contributed by atoms with E-state index in [9.17, 15) is 15.0 Å². The first kappa shape index (κ1) is 15.3. The molecular weight excluding hydrogens is 278 g/mol. The third kappa shape index (κ3) is 2.12. The standard InChI is InChI=1S/C18H25NO3/c1-13(2)17(12-14-6-4-3-5-7-14)18(22,15-8-9-15)10-11-19(17)16(20)21/h3-7,13,15,22H,8-12H2,1-2H3,(H,20,21)/t17-,18+/m0/s1. The van der Waals surface area contributed by atoms with E-state index >= 15 is 0 Å². The summed E-state index contributed by atoms with van der Waals surface area (Å²) in [5.74, 6) is 0.292. The molecule has 0 aromatic heterocycles. The monoisotopic (exact) mass is 303 g/mol. The van der Waals surface area contributed by atoms with Crippen molar-refractivity contribution < 1.29 is 15.0 Å². The molecule has 1 aliphatic carbocycles. The highest BCUT2D eigenvalue weighted by atomic mass is 16.4. The Morgan fingerprint density at radius 2 is 1.95 bits per heavy atom. The van der Waals surface area contributed by atoms with Crippen LogP contribution in [0.2, 0.25) is 0 Å². The largest absolute Gasteiger partial charge is 0.465 e. The van der Waals surface area contributed by atoms with Gasteiger partial charge < -0.3 is 10.2 Å². The maximum atomic E-state index is 11.9. The molecule has 1 amide bonds. The molecule has 120 valence electrons. The number of carbonyl (C=O) groups is 1. The van der Waals surface area contributed by atoms with Crippen molar-refractivity contribution in [3.05, 3.63) is 35.9 Å². The highest BCUT2D eigenvalue weighted by Gasteiger charge is 2.66. The molecule has 4 heteroatoms. The highest BCUT2D eigenvalue weighted by Crippen LogP contribution is 2.56. The van der Waals surface area contributed by atoms with Crippen molar-refractivity contribution >= 4 is 6.09 Å². The van der Waals surface area contributed by atoms with Gasteiger partial charge in [0, 0.05) is 6.54 Å². The van der Waals surface area contributed by atoms with Crippen LogP contribution in [0.1, 0.15) is 38.7 Å². The van der Waals surface area contributed by atoms with Crippen molar-refractivity contribution in [3.8, 4) is 0 Å². The molecule has 0 spiro atoms. The van der Waals surface area contributed by atoms with Gasteiger partial charge in [-0.05, 0) is 43.1 Å². The van der Waals surface area contributed by atoms with Crippen molar-refractivity contribution in [1.82, 2.24) is 4.90 Å². The fourth-order valence-electron chi connectivity index (χ4n) is 4.49. The summed E-state index contributed by atoms with van der Waals surface area (Å²) in [5, 5.41) is 21.2. The van der Waals surface area contributed by atoms with Crippen LogP contribution in [0.3, 0.4) is 0 Å². The number of amides is 1. The Morgan fingerprint density at radius 3 is 2.45 bits per heavy atom. The first-order chi connectivity index (χ1) is 10.4. The topological polar surface area (TPSA) is 60.8 Å². The van der Waals surface area contributed by atoms with E-state index in [1.807, 2.05) is 44.2 Å². The average Bonchev–Trinajstić information content (AvgIpc) is 3.27. The maximum Gasteiger partial charge on any atom is 0.407 e. The van der Waals surface area contributed by atoms with Crippen LogP contribution >= 0.6 is 0 Å². The van der Waals surface area contributed by atoms with Crippen molar-refractivity contribution in [2.75, 3.05) is 6.54 Å². The number of likely N-dealkylation sites (tertiary alicyclic amines) is 1. The highest BCUT2D eigenvalue weighted by molar-refractivity contribution is 5.67. The zero-order valence-electron chi connectivity index (χ0n) is 13.3. The third-order valence-electron chi connectivity index (χ3n) is 5.70. The summed E-state index contributed by atoms with van der Waals surface area (Å²) in [6.07, 6.45) is 2.22. The minimum Gasteiger partial charge on any atom is -0.465 e. The molecule has 2 N–H and O–H groups in total. The second-order valence-corrected chi connectivity index (χ2v) is 7.12. The van der Waals surface area contributed by atoms with Gasteiger partial charge >= 0.3 is 6.09 Å². The van der Waals surface area contributed by atoms with Gasteiger partial charge in [0.25, 0.3) is 0 Å². The Labute approximate surface area is 131 Å². The molecule has 1 aliphatic heterocycles. The first-order valence-electron chi connectivity index (χ1n) is 8.18. The zero-order chi connectivity index (χ0) is 16.0. The summed E-state index contributed by atoms with van der Waals surface area (Å²) in [6.45, 7) is 4.50. The SMILES string of the molecule is CC(C)[C@]1(Cc2ccccc2)N(C(=O)O)CC[C@@]1(O)C1CC1. The number of benzene rings is 1. The van der Waals surface area contributed by atoms with E-state index in [-0.39, 0.29) is 11.8 Å². The molecule has 1 aromatic rings. The van der Waals surface area contributed by atoms with Gasteiger partial charge in [0.2, 0.25) is 0 Å². The fourth-order valence-corrected chi connectivity index (χ4v) is 4.49. The van der Waals surface area contributed by atoms with Gasteiger partial charge in [0.05, 0.1) is 11.1 Å². The van der Waals surface area contributed by atoms with E-state index in [0.717, 1.165) is 18.4 Å². The minimum atomic E-state index is -0.916. The summed E-state index contributed by atoms with van der Waals surface area (Å²) in [4.78, 5) is 13.4. The average molecular weight is 303 g/mol. The number of rotatable bonds is 4. The van der Waals surface area contributed by atoms with Crippen LogP contribution in [0.5, 0.6) is 0 Å². The number of aliphatic hydroxyl groups is 1. The summed E-state index contributed by atoms with van der Waals surface area (Å²) in [6, 6.07) is 9.95. The van der Waals surface area contributed by atoms with E-state index in [4.69, 9.17) is 0 Å². The fraction of sp³-hybridized carbons (Fsp3) is 0.611. The van der Waals surface area contributed by atoms with Crippen LogP contribution in [-0.2, 0) is 6.42 Å². The Bertz CT molecular complexity index is 555. The Hall–Kier alpha value is -1.55. The maximum absolute atomic E-state index is 11.9. The second-order valence-electron chi connectivity index (χ2n) is 7.12. The molecule has 0 unspecified atom stereocenters. The molecule has 2 aliphatic rings. The second kappa shape index (κ2) is 5.27. The van der Waals surface area contributed by atoms with Gasteiger partial charge in [-0.15, -0.1) is 0 Å². The predicted octanol–water partition coefficient (Wildman–Crippen LogP) is 3.15. The molecule has 2 atom stereocenters. The lowest BCUT2D eigenvalue weighted by atomic mass is 9.67. The quantitative estimate of drug-likeness (QED) is 0.898. The van der Waals surface area contributed by atoms with Crippen molar-refractivity contribution in [2.24, 2.45) is 11.8 Å². The lowest BCUT2D eigenvalue weighted by molar-refractivity contribution is -0.0954. The summed E-state index contributed by atoms with van der Waals surface area (Å²) in [7, 11) is 0. The molecule has 1 aromatic carbocycles. The van der Waals surface area contributed by atoms with E-state index < -0.39 is 17.2 Å². The number of hydrogen-bond acceptors (Lipinski definition) is 2. The van der Waals surface area contributed by atoms with Crippen LogP contribution in [0.15, 0.2) is 30.3 Å². The molecule has 1 heterocycles. The van der Waals surface area contributed by atoms with Crippen LogP contribution in [0, 0.1) is 11.8 Å². The van der Waals surface area contributed by atoms with Crippen LogP contribution in [-0.4, -0.2) is 38.9 Å². The van der Waals surface area contributed by atoms with Gasteiger partial charge in [0.15, 0.2) is 0 Å². The molecule has 0 bridgehead atoms. The van der Waals surface area contributed by atoms with E-state index in [1.54, 1.807) is 0 Å². The van der Waals surface area contributed by atoms with Gasteiger partial charge in [0.1, 0.15) is 0 Å². The van der Waals surface area contributed by atoms with Crippen molar-refractivity contribution in [1.29, 1.82) is 0 Å². The van der Waals surface area contributed by atoms with Gasteiger partial charge in [-0.3, -0.25) is 4.90 Å². The normalized spacial score (nSPS) is 31.7. The van der Waals surface area contributed by atoms with Crippen molar-refractivity contribution in [2.45, 2.75) is 50.7 Å². The van der Waals surface area contributed by atoms with Crippen molar-refractivity contribution in [3.63, 3.8) is 0 Å². The number of carboxylic acid groups (broad SMARTS) is 1. The molecular formula is C18H25NO3. The molecule has 3 rings (SSSR count). The van der Waals surface area contributed by atoms with Gasteiger partial charge in [-0.2, -0.15) is 0 Å². The van der Waals surface area contributed by atoms with Gasteiger partial charge in [-0.1, -0.05) is 44.2 Å². The number of hydrogen-bond donors (Lipinski definition) is 2. The van der Waals surface area contributed by atoms with Crippen LogP contribution in [0.4, 0.5) is 4.79 Å². The zero-order valence-corrected chi connectivity index (χ0v) is 13.3.